The maximum atomic E-state index is 13.0. The van der Waals surface area contributed by atoms with Crippen LogP contribution in [0.25, 0.3) is 0 Å². The van der Waals surface area contributed by atoms with E-state index in [0.717, 1.165) is 88.9 Å². The van der Waals surface area contributed by atoms with Crippen LogP contribution in [0.3, 0.4) is 0 Å². The van der Waals surface area contributed by atoms with Gasteiger partial charge in [-0.05, 0) is 86.3 Å². The van der Waals surface area contributed by atoms with E-state index >= 15 is 0 Å². The van der Waals surface area contributed by atoms with Crippen molar-refractivity contribution in [2.75, 3.05) is 46.6 Å². The number of unbranched alkanes of at least 4 members (excludes halogenated alkanes) is 4. The van der Waals surface area contributed by atoms with Gasteiger partial charge in [0, 0.05) is 48.9 Å². The molecule has 7 heteroatoms. The minimum absolute atomic E-state index is 0.192. The van der Waals surface area contributed by atoms with E-state index in [9.17, 15) is 9.59 Å². The van der Waals surface area contributed by atoms with Gasteiger partial charge in [0.15, 0.2) is 0 Å². The lowest BCUT2D eigenvalue weighted by Gasteiger charge is -2.25. The SMILES string of the molecule is CCCCN(CCCC)c1ccc(NC(=O)c2cccc(C(=O)Nc3ccc(N(CCCC)CCCC)cc3)n2)cc1. The molecule has 2 amide bonds. The fraction of sp³-hybridized carbons (Fsp3) is 0.457. The number of rotatable bonds is 18. The summed E-state index contributed by atoms with van der Waals surface area (Å²) >= 11 is 0. The Labute approximate surface area is 252 Å². The number of carbonyl (C=O) groups is 2. The highest BCUT2D eigenvalue weighted by Crippen LogP contribution is 2.21. The van der Waals surface area contributed by atoms with Gasteiger partial charge in [-0.3, -0.25) is 9.59 Å². The lowest BCUT2D eigenvalue weighted by atomic mass is 10.2. The summed E-state index contributed by atoms with van der Waals surface area (Å²) < 4.78 is 0. The first-order chi connectivity index (χ1) is 20.5. The fourth-order valence-corrected chi connectivity index (χ4v) is 4.72. The summed E-state index contributed by atoms with van der Waals surface area (Å²) in [6.45, 7) is 12.9. The van der Waals surface area contributed by atoms with E-state index in [0.29, 0.717) is 11.4 Å². The van der Waals surface area contributed by atoms with E-state index < -0.39 is 0 Å². The zero-order chi connectivity index (χ0) is 30.2. The maximum Gasteiger partial charge on any atom is 0.274 e. The molecular formula is C35H49N5O2. The lowest BCUT2D eigenvalue weighted by molar-refractivity contribution is 0.101. The predicted octanol–water partition coefficient (Wildman–Crippen LogP) is 8.40. The Balaban J connectivity index is 1.62. The number of amides is 2. The quantitative estimate of drug-likeness (QED) is 0.160. The van der Waals surface area contributed by atoms with Gasteiger partial charge in [-0.25, -0.2) is 4.98 Å². The van der Waals surface area contributed by atoms with Crippen LogP contribution in [0.15, 0.2) is 66.7 Å². The van der Waals surface area contributed by atoms with Gasteiger partial charge in [0.05, 0.1) is 0 Å². The van der Waals surface area contributed by atoms with Gasteiger partial charge in [0.2, 0.25) is 0 Å². The summed E-state index contributed by atoms with van der Waals surface area (Å²) in [5.74, 6) is -0.704. The van der Waals surface area contributed by atoms with E-state index in [1.165, 1.54) is 0 Å². The van der Waals surface area contributed by atoms with Crippen LogP contribution in [0.5, 0.6) is 0 Å². The summed E-state index contributed by atoms with van der Waals surface area (Å²) in [6, 6.07) is 20.8. The second kappa shape index (κ2) is 17.8. The topological polar surface area (TPSA) is 77.6 Å². The summed E-state index contributed by atoms with van der Waals surface area (Å²) in [4.78, 5) is 35.1. The van der Waals surface area contributed by atoms with Crippen molar-refractivity contribution in [3.63, 3.8) is 0 Å². The van der Waals surface area contributed by atoms with E-state index in [1.54, 1.807) is 18.2 Å². The molecule has 3 aromatic rings. The molecule has 2 aromatic carbocycles. The molecule has 0 spiro atoms. The van der Waals surface area contributed by atoms with Crippen molar-refractivity contribution in [1.82, 2.24) is 4.98 Å². The summed E-state index contributed by atoms with van der Waals surface area (Å²) in [6.07, 6.45) is 9.24. The summed E-state index contributed by atoms with van der Waals surface area (Å²) in [5.41, 5.74) is 4.09. The first-order valence-electron chi connectivity index (χ1n) is 15.8. The normalized spacial score (nSPS) is 10.8. The molecule has 226 valence electrons. The van der Waals surface area contributed by atoms with E-state index in [1.807, 2.05) is 24.3 Å². The van der Waals surface area contributed by atoms with Crippen molar-refractivity contribution in [3.8, 4) is 0 Å². The van der Waals surface area contributed by atoms with Crippen molar-refractivity contribution < 1.29 is 9.59 Å². The van der Waals surface area contributed by atoms with E-state index in [4.69, 9.17) is 0 Å². The number of pyridine rings is 1. The molecule has 0 saturated carbocycles. The molecule has 0 aliphatic carbocycles. The van der Waals surface area contributed by atoms with Crippen LogP contribution in [0, 0.1) is 0 Å². The third kappa shape index (κ3) is 10.2. The van der Waals surface area contributed by atoms with Crippen LogP contribution >= 0.6 is 0 Å². The largest absolute Gasteiger partial charge is 0.372 e. The third-order valence-corrected chi connectivity index (χ3v) is 7.32. The molecule has 0 saturated heterocycles. The highest BCUT2D eigenvalue weighted by molar-refractivity contribution is 6.06. The van der Waals surface area contributed by atoms with Gasteiger partial charge in [-0.1, -0.05) is 59.4 Å². The first-order valence-corrected chi connectivity index (χ1v) is 15.8. The fourth-order valence-electron chi connectivity index (χ4n) is 4.72. The Morgan fingerprint density at radius 3 is 1.19 bits per heavy atom. The Morgan fingerprint density at radius 2 is 0.881 bits per heavy atom. The molecule has 42 heavy (non-hydrogen) atoms. The number of carbonyl (C=O) groups excluding carboxylic acids is 2. The summed E-state index contributed by atoms with van der Waals surface area (Å²) in [7, 11) is 0. The molecular weight excluding hydrogens is 522 g/mol. The Morgan fingerprint density at radius 1 is 0.548 bits per heavy atom. The third-order valence-electron chi connectivity index (χ3n) is 7.32. The monoisotopic (exact) mass is 571 g/mol. The second-order valence-electron chi connectivity index (χ2n) is 10.8. The number of anilines is 4. The average Bonchev–Trinajstić information content (AvgIpc) is 3.02. The minimum atomic E-state index is -0.352. The smallest absolute Gasteiger partial charge is 0.274 e. The molecule has 0 aliphatic heterocycles. The van der Waals surface area contributed by atoms with Crippen LogP contribution < -0.4 is 20.4 Å². The predicted molar refractivity (Wildman–Crippen MR) is 177 cm³/mol. The molecule has 7 nitrogen and oxygen atoms in total. The van der Waals surface area contributed by atoms with Crippen LogP contribution in [-0.2, 0) is 0 Å². The van der Waals surface area contributed by atoms with Crippen molar-refractivity contribution in [2.45, 2.75) is 79.1 Å². The summed E-state index contributed by atoms with van der Waals surface area (Å²) in [5, 5.41) is 5.83. The molecule has 0 atom stereocenters. The van der Waals surface area contributed by atoms with Gasteiger partial charge in [0.25, 0.3) is 11.8 Å². The Kier molecular flexibility index (Phi) is 13.9. The molecule has 3 rings (SSSR count). The average molecular weight is 572 g/mol. The highest BCUT2D eigenvalue weighted by atomic mass is 16.2. The number of hydrogen-bond donors (Lipinski definition) is 2. The molecule has 0 unspecified atom stereocenters. The molecule has 0 aliphatic rings. The molecule has 2 N–H and O–H groups in total. The van der Waals surface area contributed by atoms with Crippen LogP contribution in [0.1, 0.15) is 100 Å². The van der Waals surface area contributed by atoms with Crippen LogP contribution in [0.2, 0.25) is 0 Å². The van der Waals surface area contributed by atoms with Gasteiger partial charge >= 0.3 is 0 Å². The standard InChI is InChI=1S/C35H49N5O2/c1-5-9-24-39(25-10-6-2)30-20-16-28(17-21-30)36-34(41)32-14-13-15-33(38-32)35(42)37-29-18-22-31(23-19-29)40(26-11-7-3)27-12-8-4/h13-23H,5-12,24-27H2,1-4H3,(H,36,41)(H,37,42). The number of hydrogen-bond acceptors (Lipinski definition) is 5. The maximum absolute atomic E-state index is 13.0. The van der Waals surface area contributed by atoms with Gasteiger partial charge in [-0.2, -0.15) is 0 Å². The van der Waals surface area contributed by atoms with Gasteiger partial charge < -0.3 is 20.4 Å². The van der Waals surface area contributed by atoms with Crippen LogP contribution in [-0.4, -0.2) is 43.0 Å². The molecule has 1 aromatic heterocycles. The molecule has 0 fully saturated rings. The van der Waals surface area contributed by atoms with Gasteiger partial charge in [0.1, 0.15) is 11.4 Å². The second-order valence-corrected chi connectivity index (χ2v) is 10.8. The zero-order valence-corrected chi connectivity index (χ0v) is 26.0. The first kappa shape index (κ1) is 32.6. The van der Waals surface area contributed by atoms with E-state index in [-0.39, 0.29) is 23.2 Å². The van der Waals surface area contributed by atoms with E-state index in [2.05, 4.69) is 77.4 Å². The van der Waals surface area contributed by atoms with Crippen molar-refractivity contribution in [1.29, 1.82) is 0 Å². The van der Waals surface area contributed by atoms with Gasteiger partial charge in [-0.15, -0.1) is 0 Å². The minimum Gasteiger partial charge on any atom is -0.372 e. The molecule has 0 bridgehead atoms. The number of nitrogens with one attached hydrogen (secondary N) is 2. The highest BCUT2D eigenvalue weighted by Gasteiger charge is 2.14. The molecule has 1 heterocycles. The van der Waals surface area contributed by atoms with Crippen LogP contribution in [0.4, 0.5) is 22.7 Å². The Hall–Kier alpha value is -3.87. The van der Waals surface area contributed by atoms with Crippen molar-refractivity contribution >= 4 is 34.6 Å². The van der Waals surface area contributed by atoms with Crippen molar-refractivity contribution in [2.24, 2.45) is 0 Å². The number of nitrogens with zero attached hydrogens (tertiary/aromatic N) is 3. The molecule has 0 radical (unpaired) electrons. The Bertz CT molecular complexity index is 1120. The lowest BCUT2D eigenvalue weighted by Crippen LogP contribution is -2.25. The number of benzene rings is 2. The number of aromatic nitrogens is 1. The zero-order valence-electron chi connectivity index (χ0n) is 26.0. The van der Waals surface area contributed by atoms with Crippen molar-refractivity contribution in [3.05, 3.63) is 78.1 Å².